The first kappa shape index (κ1) is 15.5. The van der Waals surface area contributed by atoms with Crippen LogP contribution in [0.25, 0.3) is 0 Å². The summed E-state index contributed by atoms with van der Waals surface area (Å²) in [6.07, 6.45) is 0.504. The van der Waals surface area contributed by atoms with Crippen LogP contribution in [0.5, 0.6) is 0 Å². The van der Waals surface area contributed by atoms with E-state index >= 15 is 0 Å². The lowest BCUT2D eigenvalue weighted by Crippen LogP contribution is -2.32. The van der Waals surface area contributed by atoms with Gasteiger partial charge in [-0.05, 0) is 31.0 Å². The van der Waals surface area contributed by atoms with E-state index in [2.05, 4.69) is 21.2 Å². The molecular formula is C13H17BrN2O3. The molecular weight excluding hydrogens is 312 g/mol. The quantitative estimate of drug-likeness (QED) is 0.872. The third-order valence-electron chi connectivity index (χ3n) is 2.74. The van der Waals surface area contributed by atoms with E-state index in [1.54, 1.807) is 7.05 Å². The third kappa shape index (κ3) is 4.90. The Balaban J connectivity index is 2.54. The minimum atomic E-state index is -0.850. The van der Waals surface area contributed by atoms with Crippen molar-refractivity contribution in [3.8, 4) is 0 Å². The number of carboxylic acids is 1. The van der Waals surface area contributed by atoms with Gasteiger partial charge < -0.3 is 15.3 Å². The number of nitrogens with zero attached hydrogens (tertiary/aromatic N) is 1. The standard InChI is InChI=1S/C13H17BrN2O3/c1-9-10(14)5-3-6-11(9)15-13(19)16(2)8-4-7-12(17)18/h3,5-6H,4,7-8H2,1-2H3,(H,15,19)(H,17,18). The monoisotopic (exact) mass is 328 g/mol. The topological polar surface area (TPSA) is 69.6 Å². The molecule has 0 atom stereocenters. The maximum atomic E-state index is 11.9. The van der Waals surface area contributed by atoms with E-state index in [1.807, 2.05) is 25.1 Å². The summed E-state index contributed by atoms with van der Waals surface area (Å²) in [6.45, 7) is 2.31. The molecule has 0 unspecified atom stereocenters. The molecule has 0 saturated carbocycles. The number of carboxylic acid groups (broad SMARTS) is 1. The highest BCUT2D eigenvalue weighted by Crippen LogP contribution is 2.23. The van der Waals surface area contributed by atoms with Gasteiger partial charge in [0.25, 0.3) is 0 Å². The molecule has 2 amide bonds. The number of benzene rings is 1. The third-order valence-corrected chi connectivity index (χ3v) is 3.60. The first-order valence-electron chi connectivity index (χ1n) is 5.91. The Labute approximate surface area is 120 Å². The fraction of sp³-hybridized carbons (Fsp3) is 0.385. The zero-order valence-electron chi connectivity index (χ0n) is 10.9. The molecule has 1 rings (SSSR count). The summed E-state index contributed by atoms with van der Waals surface area (Å²) in [7, 11) is 1.64. The molecule has 104 valence electrons. The molecule has 2 N–H and O–H groups in total. The van der Waals surface area contributed by atoms with Gasteiger partial charge in [0.1, 0.15) is 0 Å². The summed E-state index contributed by atoms with van der Waals surface area (Å²) in [6, 6.07) is 5.33. The van der Waals surface area contributed by atoms with Crippen LogP contribution >= 0.6 is 15.9 Å². The zero-order chi connectivity index (χ0) is 14.4. The summed E-state index contributed by atoms with van der Waals surface area (Å²) in [4.78, 5) is 23.8. The second-order valence-electron chi connectivity index (χ2n) is 4.26. The van der Waals surface area contributed by atoms with Crippen molar-refractivity contribution in [2.75, 3.05) is 18.9 Å². The lowest BCUT2D eigenvalue weighted by Gasteiger charge is -2.18. The molecule has 1 aromatic rings. The highest BCUT2D eigenvalue weighted by Gasteiger charge is 2.11. The normalized spacial score (nSPS) is 10.1. The van der Waals surface area contributed by atoms with E-state index < -0.39 is 5.97 Å². The van der Waals surface area contributed by atoms with Crippen LogP contribution in [0.2, 0.25) is 0 Å². The summed E-state index contributed by atoms with van der Waals surface area (Å²) < 4.78 is 0.929. The van der Waals surface area contributed by atoms with Crippen molar-refractivity contribution in [1.82, 2.24) is 4.90 Å². The Morgan fingerprint density at radius 1 is 1.42 bits per heavy atom. The van der Waals surface area contributed by atoms with Gasteiger partial charge >= 0.3 is 12.0 Å². The minimum Gasteiger partial charge on any atom is -0.481 e. The number of nitrogens with one attached hydrogen (secondary N) is 1. The molecule has 0 aliphatic heterocycles. The van der Waals surface area contributed by atoms with Crippen LogP contribution in [-0.4, -0.2) is 35.6 Å². The Bertz CT molecular complexity index is 477. The van der Waals surface area contributed by atoms with Crippen molar-refractivity contribution in [2.24, 2.45) is 0 Å². The SMILES string of the molecule is Cc1c(Br)cccc1NC(=O)N(C)CCCC(=O)O. The van der Waals surface area contributed by atoms with Gasteiger partial charge in [-0.2, -0.15) is 0 Å². The van der Waals surface area contributed by atoms with Crippen molar-refractivity contribution >= 4 is 33.6 Å². The number of carbonyl (C=O) groups excluding carboxylic acids is 1. The minimum absolute atomic E-state index is 0.0630. The van der Waals surface area contributed by atoms with Gasteiger partial charge in [-0.3, -0.25) is 4.79 Å². The average molecular weight is 329 g/mol. The first-order chi connectivity index (χ1) is 8.91. The molecule has 0 heterocycles. The Kier molecular flexibility index (Phi) is 5.82. The largest absolute Gasteiger partial charge is 0.481 e. The summed E-state index contributed by atoms with van der Waals surface area (Å²) in [5.74, 6) is -0.850. The van der Waals surface area contributed by atoms with Crippen molar-refractivity contribution < 1.29 is 14.7 Å². The molecule has 0 bridgehead atoms. The van der Waals surface area contributed by atoms with E-state index in [4.69, 9.17) is 5.11 Å². The van der Waals surface area contributed by atoms with Crippen LogP contribution in [0.3, 0.4) is 0 Å². The van der Waals surface area contributed by atoms with Gasteiger partial charge in [-0.25, -0.2) is 4.79 Å². The number of aliphatic carboxylic acids is 1. The molecule has 6 heteroatoms. The Morgan fingerprint density at radius 3 is 2.74 bits per heavy atom. The van der Waals surface area contributed by atoms with Gasteiger partial charge in [0.2, 0.25) is 0 Å². The molecule has 0 radical (unpaired) electrons. The van der Waals surface area contributed by atoms with E-state index in [9.17, 15) is 9.59 Å². The van der Waals surface area contributed by atoms with Crippen molar-refractivity contribution in [3.05, 3.63) is 28.2 Å². The van der Waals surface area contributed by atoms with Crippen LogP contribution in [0.4, 0.5) is 10.5 Å². The Hall–Kier alpha value is -1.56. The van der Waals surface area contributed by atoms with Crippen molar-refractivity contribution in [1.29, 1.82) is 0 Å². The van der Waals surface area contributed by atoms with Crippen molar-refractivity contribution in [2.45, 2.75) is 19.8 Å². The molecule has 1 aromatic carbocycles. The van der Waals surface area contributed by atoms with Gasteiger partial charge in [-0.15, -0.1) is 0 Å². The molecule has 5 nitrogen and oxygen atoms in total. The number of rotatable bonds is 5. The Morgan fingerprint density at radius 2 is 2.11 bits per heavy atom. The van der Waals surface area contributed by atoms with Crippen molar-refractivity contribution in [3.63, 3.8) is 0 Å². The van der Waals surface area contributed by atoms with Gasteiger partial charge in [0.15, 0.2) is 0 Å². The molecule has 0 spiro atoms. The lowest BCUT2D eigenvalue weighted by molar-refractivity contribution is -0.137. The zero-order valence-corrected chi connectivity index (χ0v) is 12.5. The first-order valence-corrected chi connectivity index (χ1v) is 6.70. The predicted octanol–water partition coefficient (Wildman–Crippen LogP) is 3.09. The van der Waals surface area contributed by atoms with Crippen LogP contribution in [0.1, 0.15) is 18.4 Å². The molecule has 0 aliphatic carbocycles. The molecule has 0 aromatic heterocycles. The van der Waals surface area contributed by atoms with Gasteiger partial charge in [-0.1, -0.05) is 22.0 Å². The number of amides is 2. The van der Waals surface area contributed by atoms with Gasteiger partial charge in [0, 0.05) is 30.2 Å². The predicted molar refractivity (Wildman–Crippen MR) is 77.4 cm³/mol. The van der Waals surface area contributed by atoms with E-state index in [-0.39, 0.29) is 12.5 Å². The summed E-state index contributed by atoms with van der Waals surface area (Å²) >= 11 is 3.40. The number of hydrogen-bond acceptors (Lipinski definition) is 2. The summed E-state index contributed by atoms with van der Waals surface area (Å²) in [5.41, 5.74) is 1.69. The highest BCUT2D eigenvalue weighted by atomic mass is 79.9. The van der Waals surface area contributed by atoms with Crippen LogP contribution in [0.15, 0.2) is 22.7 Å². The van der Waals surface area contributed by atoms with E-state index in [0.29, 0.717) is 13.0 Å². The fourth-order valence-electron chi connectivity index (χ4n) is 1.52. The number of hydrogen-bond donors (Lipinski definition) is 2. The smallest absolute Gasteiger partial charge is 0.321 e. The maximum Gasteiger partial charge on any atom is 0.321 e. The van der Waals surface area contributed by atoms with E-state index in [1.165, 1.54) is 4.90 Å². The fourth-order valence-corrected chi connectivity index (χ4v) is 1.89. The highest BCUT2D eigenvalue weighted by molar-refractivity contribution is 9.10. The van der Waals surface area contributed by atoms with E-state index in [0.717, 1.165) is 15.7 Å². The average Bonchev–Trinajstić information content (AvgIpc) is 2.34. The number of anilines is 1. The summed E-state index contributed by atoms with van der Waals surface area (Å²) in [5, 5.41) is 11.3. The van der Waals surface area contributed by atoms with Crippen LogP contribution < -0.4 is 5.32 Å². The number of halogens is 1. The second-order valence-corrected chi connectivity index (χ2v) is 5.12. The molecule has 0 saturated heterocycles. The van der Waals surface area contributed by atoms with Gasteiger partial charge in [0.05, 0.1) is 0 Å². The lowest BCUT2D eigenvalue weighted by atomic mass is 10.2. The number of carbonyl (C=O) groups is 2. The molecule has 0 fully saturated rings. The number of urea groups is 1. The molecule has 0 aliphatic rings. The maximum absolute atomic E-state index is 11.9. The van der Waals surface area contributed by atoms with Crippen LogP contribution in [-0.2, 0) is 4.79 Å². The van der Waals surface area contributed by atoms with Crippen LogP contribution in [0, 0.1) is 6.92 Å². The second kappa shape index (κ2) is 7.13. The molecule has 19 heavy (non-hydrogen) atoms.